The summed E-state index contributed by atoms with van der Waals surface area (Å²) in [6.07, 6.45) is 4.77. The SMILES string of the molecule is Cc1ccc(/C=C/S(=O)(=O)NCc2cccnc2-c2ccco2)cc1. The zero-order valence-corrected chi connectivity index (χ0v) is 14.5. The average Bonchev–Trinajstić information content (AvgIpc) is 3.14. The van der Waals surface area contributed by atoms with Gasteiger partial charge in [-0.25, -0.2) is 13.1 Å². The summed E-state index contributed by atoms with van der Waals surface area (Å²) in [7, 11) is -3.56. The number of nitrogens with zero attached hydrogens (tertiary/aromatic N) is 1. The van der Waals surface area contributed by atoms with Gasteiger partial charge in [-0.15, -0.1) is 0 Å². The highest BCUT2D eigenvalue weighted by atomic mass is 32.2. The molecule has 2 heterocycles. The van der Waals surface area contributed by atoms with Crippen molar-refractivity contribution in [2.45, 2.75) is 13.5 Å². The van der Waals surface area contributed by atoms with Crippen molar-refractivity contribution < 1.29 is 12.8 Å². The minimum absolute atomic E-state index is 0.129. The van der Waals surface area contributed by atoms with Crippen LogP contribution in [0.4, 0.5) is 0 Å². The number of aromatic nitrogens is 1. The van der Waals surface area contributed by atoms with E-state index < -0.39 is 10.0 Å². The third-order valence-electron chi connectivity index (χ3n) is 3.63. The summed E-state index contributed by atoms with van der Waals surface area (Å²) in [6.45, 7) is 2.11. The van der Waals surface area contributed by atoms with Gasteiger partial charge in [-0.3, -0.25) is 4.98 Å². The van der Waals surface area contributed by atoms with Crippen molar-refractivity contribution in [2.75, 3.05) is 0 Å². The molecule has 0 aliphatic heterocycles. The molecule has 25 heavy (non-hydrogen) atoms. The second-order valence-electron chi connectivity index (χ2n) is 5.57. The molecule has 3 rings (SSSR count). The molecule has 5 nitrogen and oxygen atoms in total. The number of nitrogens with one attached hydrogen (secondary N) is 1. The lowest BCUT2D eigenvalue weighted by Gasteiger charge is -2.07. The number of pyridine rings is 1. The van der Waals surface area contributed by atoms with Crippen LogP contribution in [0.2, 0.25) is 0 Å². The fraction of sp³-hybridized carbons (Fsp3) is 0.105. The van der Waals surface area contributed by atoms with Crippen LogP contribution in [-0.2, 0) is 16.6 Å². The maximum atomic E-state index is 12.2. The van der Waals surface area contributed by atoms with Crippen molar-refractivity contribution in [2.24, 2.45) is 0 Å². The number of rotatable bonds is 6. The van der Waals surface area contributed by atoms with Gasteiger partial charge in [0.05, 0.1) is 6.26 Å². The Hall–Kier alpha value is -2.70. The lowest BCUT2D eigenvalue weighted by atomic mass is 10.1. The zero-order chi connectivity index (χ0) is 17.7. The fourth-order valence-corrected chi connectivity index (χ4v) is 3.08. The fourth-order valence-electron chi connectivity index (χ4n) is 2.29. The van der Waals surface area contributed by atoms with Crippen LogP contribution in [-0.4, -0.2) is 13.4 Å². The van der Waals surface area contributed by atoms with Crippen molar-refractivity contribution in [1.29, 1.82) is 0 Å². The lowest BCUT2D eigenvalue weighted by Crippen LogP contribution is -2.21. The molecule has 6 heteroatoms. The van der Waals surface area contributed by atoms with E-state index in [9.17, 15) is 8.42 Å². The van der Waals surface area contributed by atoms with E-state index >= 15 is 0 Å². The van der Waals surface area contributed by atoms with E-state index in [2.05, 4.69) is 9.71 Å². The first-order chi connectivity index (χ1) is 12.0. The molecule has 1 N–H and O–H groups in total. The van der Waals surface area contributed by atoms with E-state index in [1.54, 1.807) is 36.7 Å². The summed E-state index contributed by atoms with van der Waals surface area (Å²) in [5, 5.41) is 1.17. The van der Waals surface area contributed by atoms with Crippen molar-refractivity contribution in [3.8, 4) is 11.5 Å². The average molecular weight is 354 g/mol. The van der Waals surface area contributed by atoms with Gasteiger partial charge in [0.25, 0.3) is 0 Å². The quantitative estimate of drug-likeness (QED) is 0.732. The highest BCUT2D eigenvalue weighted by Crippen LogP contribution is 2.21. The third kappa shape index (κ3) is 4.65. The Morgan fingerprint density at radius 2 is 1.92 bits per heavy atom. The van der Waals surface area contributed by atoms with Crippen LogP contribution in [0.15, 0.2) is 70.8 Å². The number of hydrogen-bond acceptors (Lipinski definition) is 4. The Labute approximate surface area is 147 Å². The van der Waals surface area contributed by atoms with E-state index in [1.807, 2.05) is 37.3 Å². The molecule has 128 valence electrons. The van der Waals surface area contributed by atoms with Gasteiger partial charge >= 0.3 is 0 Å². The normalized spacial score (nSPS) is 11.9. The predicted octanol–water partition coefficient (Wildman–Crippen LogP) is 3.74. The molecule has 0 saturated heterocycles. The standard InChI is InChI=1S/C19H18N2O3S/c1-15-6-8-16(9-7-15)10-13-25(22,23)21-14-17-4-2-11-20-19(17)18-5-3-12-24-18/h2-13,21H,14H2,1H3/b13-10+. The molecule has 0 atom stereocenters. The second-order valence-corrected chi connectivity index (χ2v) is 7.22. The topological polar surface area (TPSA) is 72.2 Å². The molecule has 0 saturated carbocycles. The van der Waals surface area contributed by atoms with Crippen LogP contribution in [0.5, 0.6) is 0 Å². The number of aryl methyl sites for hydroxylation is 1. The second kappa shape index (κ2) is 7.46. The molecule has 0 spiro atoms. The summed E-state index contributed by atoms with van der Waals surface area (Å²) in [6, 6.07) is 14.8. The molecule has 0 unspecified atom stereocenters. The van der Waals surface area contributed by atoms with Gasteiger partial charge in [0.1, 0.15) is 5.69 Å². The highest BCUT2D eigenvalue weighted by Gasteiger charge is 2.11. The van der Waals surface area contributed by atoms with Crippen LogP contribution < -0.4 is 4.72 Å². The summed E-state index contributed by atoms with van der Waals surface area (Å²) >= 11 is 0. The van der Waals surface area contributed by atoms with Crippen LogP contribution in [0.25, 0.3) is 17.5 Å². The van der Waals surface area contributed by atoms with Crippen LogP contribution >= 0.6 is 0 Å². The van der Waals surface area contributed by atoms with Crippen LogP contribution in [0, 0.1) is 6.92 Å². The maximum Gasteiger partial charge on any atom is 0.234 e. The molecule has 0 radical (unpaired) electrons. The Morgan fingerprint density at radius 3 is 2.64 bits per heavy atom. The Kier molecular flexibility index (Phi) is 5.11. The number of sulfonamides is 1. The Morgan fingerprint density at radius 1 is 1.12 bits per heavy atom. The van der Waals surface area contributed by atoms with Crippen molar-refractivity contribution in [1.82, 2.24) is 9.71 Å². The molecule has 0 aliphatic carbocycles. The van der Waals surface area contributed by atoms with E-state index in [0.717, 1.165) is 16.7 Å². The summed E-state index contributed by atoms with van der Waals surface area (Å²) in [5.41, 5.74) is 3.32. The van der Waals surface area contributed by atoms with Gasteiger partial charge in [-0.2, -0.15) is 0 Å². The lowest BCUT2D eigenvalue weighted by molar-refractivity contribution is 0.577. The molecule has 2 aromatic heterocycles. The van der Waals surface area contributed by atoms with E-state index in [4.69, 9.17) is 4.42 Å². The van der Waals surface area contributed by atoms with Crippen molar-refractivity contribution in [3.63, 3.8) is 0 Å². The Balaban J connectivity index is 1.72. The van der Waals surface area contributed by atoms with Gasteiger partial charge in [-0.05, 0) is 42.3 Å². The van der Waals surface area contributed by atoms with Crippen LogP contribution in [0.3, 0.4) is 0 Å². The molecule has 0 fully saturated rings. The van der Waals surface area contributed by atoms with Gasteiger partial charge in [-0.1, -0.05) is 35.9 Å². The molecule has 0 amide bonds. The smallest absolute Gasteiger partial charge is 0.234 e. The summed E-state index contributed by atoms with van der Waals surface area (Å²) in [4.78, 5) is 4.28. The van der Waals surface area contributed by atoms with E-state index in [1.165, 1.54) is 5.41 Å². The maximum absolute atomic E-state index is 12.2. The Bertz CT molecular complexity index is 960. The van der Waals surface area contributed by atoms with E-state index in [0.29, 0.717) is 11.5 Å². The number of hydrogen-bond donors (Lipinski definition) is 1. The largest absolute Gasteiger partial charge is 0.463 e. The highest BCUT2D eigenvalue weighted by molar-refractivity contribution is 7.92. The van der Waals surface area contributed by atoms with Gasteiger partial charge in [0.2, 0.25) is 10.0 Å². The molecule has 0 bridgehead atoms. The molecular weight excluding hydrogens is 336 g/mol. The summed E-state index contributed by atoms with van der Waals surface area (Å²) in [5.74, 6) is 0.602. The molecule has 1 aromatic carbocycles. The minimum atomic E-state index is -3.56. The molecule has 0 aliphatic rings. The first-order valence-electron chi connectivity index (χ1n) is 7.76. The first kappa shape index (κ1) is 17.1. The van der Waals surface area contributed by atoms with Crippen LogP contribution in [0.1, 0.15) is 16.7 Å². The van der Waals surface area contributed by atoms with Gasteiger partial charge < -0.3 is 4.42 Å². The van der Waals surface area contributed by atoms with Gasteiger partial charge in [0, 0.05) is 18.1 Å². The number of benzene rings is 1. The molecular formula is C19H18N2O3S. The zero-order valence-electron chi connectivity index (χ0n) is 13.7. The first-order valence-corrected chi connectivity index (χ1v) is 9.30. The van der Waals surface area contributed by atoms with Gasteiger partial charge in [0.15, 0.2) is 5.76 Å². The third-order valence-corrected chi connectivity index (χ3v) is 4.67. The van der Waals surface area contributed by atoms with Crippen molar-refractivity contribution >= 4 is 16.1 Å². The van der Waals surface area contributed by atoms with E-state index in [-0.39, 0.29) is 6.54 Å². The number of furan rings is 1. The van der Waals surface area contributed by atoms with Crippen molar-refractivity contribution in [3.05, 3.63) is 83.1 Å². The minimum Gasteiger partial charge on any atom is -0.463 e. The predicted molar refractivity (Wildman–Crippen MR) is 97.9 cm³/mol. The monoisotopic (exact) mass is 354 g/mol. The summed E-state index contributed by atoms with van der Waals surface area (Å²) < 4.78 is 32.3. The molecule has 3 aromatic rings.